The number of aliphatic hydroxyl groups is 1. The molecule has 0 spiro atoms. The van der Waals surface area contributed by atoms with Gasteiger partial charge >= 0.3 is 0 Å². The van der Waals surface area contributed by atoms with E-state index < -0.39 is 17.7 Å². The highest BCUT2D eigenvalue weighted by Gasteiger charge is 2.47. The van der Waals surface area contributed by atoms with Gasteiger partial charge in [0, 0.05) is 28.7 Å². The summed E-state index contributed by atoms with van der Waals surface area (Å²) in [6.07, 6.45) is 3.16. The smallest absolute Gasteiger partial charge is 0.300 e. The Hall–Kier alpha value is -3.64. The fourth-order valence-electron chi connectivity index (χ4n) is 3.74. The second-order valence-corrected chi connectivity index (χ2v) is 7.54. The summed E-state index contributed by atoms with van der Waals surface area (Å²) in [6.45, 7) is 1.80. The average Bonchev–Trinajstić information content (AvgIpc) is 3.05. The Morgan fingerprint density at radius 2 is 1.74 bits per heavy atom. The zero-order valence-electron chi connectivity index (χ0n) is 16.9. The highest BCUT2D eigenvalue weighted by molar-refractivity contribution is 6.51. The molecular formula is C24H19ClN2O4. The van der Waals surface area contributed by atoms with Gasteiger partial charge in [-0.15, -0.1) is 0 Å². The van der Waals surface area contributed by atoms with E-state index in [0.717, 1.165) is 0 Å². The number of benzene rings is 2. The van der Waals surface area contributed by atoms with Gasteiger partial charge in [-0.3, -0.25) is 19.5 Å². The summed E-state index contributed by atoms with van der Waals surface area (Å²) in [4.78, 5) is 31.6. The lowest BCUT2D eigenvalue weighted by Crippen LogP contribution is -2.29. The van der Waals surface area contributed by atoms with Gasteiger partial charge in [0.05, 0.1) is 18.7 Å². The van der Waals surface area contributed by atoms with E-state index in [1.54, 1.807) is 81.0 Å². The number of nitrogens with zero attached hydrogens (tertiary/aromatic N) is 2. The maximum Gasteiger partial charge on any atom is 0.300 e. The van der Waals surface area contributed by atoms with Gasteiger partial charge in [-0.05, 0) is 72.6 Å². The predicted molar refractivity (Wildman–Crippen MR) is 118 cm³/mol. The van der Waals surface area contributed by atoms with Crippen LogP contribution in [-0.4, -0.2) is 28.9 Å². The van der Waals surface area contributed by atoms with Crippen LogP contribution in [0.2, 0.25) is 5.02 Å². The summed E-state index contributed by atoms with van der Waals surface area (Å²) in [5, 5.41) is 11.7. The maximum atomic E-state index is 13.1. The minimum absolute atomic E-state index is 0.0133. The number of aryl methyl sites for hydroxylation is 1. The van der Waals surface area contributed by atoms with E-state index in [1.165, 1.54) is 4.90 Å². The monoisotopic (exact) mass is 434 g/mol. The molecule has 1 N–H and O–H groups in total. The molecule has 1 unspecified atom stereocenters. The molecule has 0 bridgehead atoms. The number of amides is 1. The quantitative estimate of drug-likeness (QED) is 0.366. The lowest BCUT2D eigenvalue weighted by molar-refractivity contribution is -0.132. The zero-order chi connectivity index (χ0) is 22.1. The third-order valence-corrected chi connectivity index (χ3v) is 5.51. The molecule has 2 aromatic carbocycles. The number of halogens is 1. The summed E-state index contributed by atoms with van der Waals surface area (Å²) in [7, 11) is 1.55. The normalized spacial score (nSPS) is 17.8. The number of Topliss-reactive ketones (excluding diaryl/α,β-unsaturated/α-hetero) is 1. The van der Waals surface area contributed by atoms with E-state index in [4.69, 9.17) is 16.3 Å². The number of methoxy groups -OCH3 is 1. The van der Waals surface area contributed by atoms with Crippen molar-refractivity contribution in [3.63, 3.8) is 0 Å². The molecule has 7 heteroatoms. The summed E-state index contributed by atoms with van der Waals surface area (Å²) in [5.74, 6) is -1.10. The Bertz CT molecular complexity index is 1190. The number of carbonyl (C=O) groups is 2. The van der Waals surface area contributed by atoms with Crippen molar-refractivity contribution in [2.24, 2.45) is 0 Å². The molecule has 1 aliphatic rings. The molecular weight excluding hydrogens is 416 g/mol. The van der Waals surface area contributed by atoms with Crippen molar-refractivity contribution in [3.05, 3.63) is 94.3 Å². The van der Waals surface area contributed by atoms with Crippen LogP contribution in [-0.2, 0) is 9.59 Å². The number of hydrogen-bond acceptors (Lipinski definition) is 5. The highest BCUT2D eigenvalue weighted by Crippen LogP contribution is 2.42. The van der Waals surface area contributed by atoms with Gasteiger partial charge in [0.15, 0.2) is 0 Å². The van der Waals surface area contributed by atoms with Crippen LogP contribution >= 0.6 is 11.6 Å². The molecule has 3 aromatic rings. The van der Waals surface area contributed by atoms with Crippen LogP contribution in [0.15, 0.2) is 72.6 Å². The molecule has 4 rings (SSSR count). The Labute approximate surface area is 184 Å². The van der Waals surface area contributed by atoms with Crippen LogP contribution in [0.3, 0.4) is 0 Å². The minimum atomic E-state index is -0.814. The lowest BCUT2D eigenvalue weighted by Gasteiger charge is -2.25. The largest absolute Gasteiger partial charge is 0.507 e. The predicted octanol–water partition coefficient (Wildman–Crippen LogP) is 4.68. The number of rotatable bonds is 4. The van der Waals surface area contributed by atoms with E-state index >= 15 is 0 Å². The Kier molecular flexibility index (Phi) is 5.48. The molecule has 1 saturated heterocycles. The topological polar surface area (TPSA) is 79.7 Å². The summed E-state index contributed by atoms with van der Waals surface area (Å²) in [5.41, 5.74) is 2.33. The van der Waals surface area contributed by atoms with E-state index in [-0.39, 0.29) is 11.3 Å². The van der Waals surface area contributed by atoms with Crippen LogP contribution in [0.1, 0.15) is 22.7 Å². The molecule has 0 aliphatic carbocycles. The van der Waals surface area contributed by atoms with Crippen LogP contribution in [0.4, 0.5) is 5.69 Å². The minimum Gasteiger partial charge on any atom is -0.507 e. The van der Waals surface area contributed by atoms with Gasteiger partial charge in [-0.2, -0.15) is 0 Å². The summed E-state index contributed by atoms with van der Waals surface area (Å²) < 4.78 is 5.22. The SMILES string of the molecule is COc1ccc(/C(O)=C2/C(=O)C(=O)N(c3ccc(Cl)cc3)C2c2ccncc2)c(C)c1. The molecule has 2 heterocycles. The van der Waals surface area contributed by atoms with Crippen molar-refractivity contribution < 1.29 is 19.4 Å². The standard InChI is InChI=1S/C24H19ClN2O4/c1-14-13-18(31-2)7-8-19(14)22(28)20-21(15-9-11-26-12-10-15)27(24(30)23(20)29)17-5-3-16(25)4-6-17/h3-13,21,28H,1-2H3/b22-20-. The first-order chi connectivity index (χ1) is 14.9. The van der Waals surface area contributed by atoms with E-state index in [9.17, 15) is 14.7 Å². The summed E-state index contributed by atoms with van der Waals surface area (Å²) in [6, 6.07) is 14.4. The third-order valence-electron chi connectivity index (χ3n) is 5.26. The van der Waals surface area contributed by atoms with Crippen molar-refractivity contribution in [2.75, 3.05) is 12.0 Å². The first kappa shape index (κ1) is 20.6. The Balaban J connectivity index is 1.93. The van der Waals surface area contributed by atoms with Gasteiger partial charge < -0.3 is 9.84 Å². The number of carbonyl (C=O) groups excluding carboxylic acids is 2. The van der Waals surface area contributed by atoms with Gasteiger partial charge in [0.25, 0.3) is 11.7 Å². The number of ether oxygens (including phenoxy) is 1. The second kappa shape index (κ2) is 8.24. The molecule has 0 saturated carbocycles. The molecule has 31 heavy (non-hydrogen) atoms. The van der Waals surface area contributed by atoms with Crippen molar-refractivity contribution >= 4 is 34.7 Å². The van der Waals surface area contributed by atoms with Gasteiger partial charge in [0.2, 0.25) is 0 Å². The van der Waals surface area contributed by atoms with Crippen LogP contribution in [0.25, 0.3) is 5.76 Å². The number of aromatic nitrogens is 1. The van der Waals surface area contributed by atoms with Crippen molar-refractivity contribution in [2.45, 2.75) is 13.0 Å². The Morgan fingerprint density at radius 3 is 2.35 bits per heavy atom. The van der Waals surface area contributed by atoms with Gasteiger partial charge in [-0.1, -0.05) is 11.6 Å². The van der Waals surface area contributed by atoms with Gasteiger partial charge in [-0.25, -0.2) is 0 Å². The number of pyridine rings is 1. The van der Waals surface area contributed by atoms with Crippen molar-refractivity contribution in [1.82, 2.24) is 4.98 Å². The molecule has 6 nitrogen and oxygen atoms in total. The van der Waals surface area contributed by atoms with E-state index in [0.29, 0.717) is 33.1 Å². The van der Waals surface area contributed by atoms with E-state index in [1.807, 2.05) is 0 Å². The molecule has 1 aromatic heterocycles. The average molecular weight is 435 g/mol. The van der Waals surface area contributed by atoms with Crippen LogP contribution in [0.5, 0.6) is 5.75 Å². The number of aliphatic hydroxyl groups excluding tert-OH is 1. The lowest BCUT2D eigenvalue weighted by atomic mass is 9.94. The highest BCUT2D eigenvalue weighted by atomic mass is 35.5. The third kappa shape index (κ3) is 3.66. The van der Waals surface area contributed by atoms with Crippen molar-refractivity contribution in [1.29, 1.82) is 0 Å². The fourth-order valence-corrected chi connectivity index (χ4v) is 3.86. The molecule has 0 radical (unpaired) electrons. The molecule has 1 fully saturated rings. The molecule has 1 amide bonds. The zero-order valence-corrected chi connectivity index (χ0v) is 17.6. The van der Waals surface area contributed by atoms with Crippen LogP contribution < -0.4 is 9.64 Å². The number of ketones is 1. The molecule has 1 atom stereocenters. The Morgan fingerprint density at radius 1 is 1.06 bits per heavy atom. The van der Waals surface area contributed by atoms with Crippen LogP contribution in [0, 0.1) is 6.92 Å². The number of hydrogen-bond donors (Lipinski definition) is 1. The summed E-state index contributed by atoms with van der Waals surface area (Å²) >= 11 is 6.00. The molecule has 1 aliphatic heterocycles. The maximum absolute atomic E-state index is 13.1. The van der Waals surface area contributed by atoms with Crippen molar-refractivity contribution in [3.8, 4) is 5.75 Å². The van der Waals surface area contributed by atoms with Gasteiger partial charge in [0.1, 0.15) is 11.5 Å². The fraction of sp³-hybridized carbons (Fsp3) is 0.125. The number of anilines is 1. The first-order valence-corrected chi connectivity index (χ1v) is 9.91. The molecule has 156 valence electrons. The van der Waals surface area contributed by atoms with E-state index in [2.05, 4.69) is 4.98 Å². The first-order valence-electron chi connectivity index (χ1n) is 9.54. The second-order valence-electron chi connectivity index (χ2n) is 7.11.